The molecule has 1 heterocycles. The van der Waals surface area contributed by atoms with Gasteiger partial charge in [-0.15, -0.1) is 0 Å². The molecule has 8 nitrogen and oxygen atoms in total. The number of amides is 1. The van der Waals surface area contributed by atoms with Crippen LogP contribution in [0.2, 0.25) is 0 Å². The van der Waals surface area contributed by atoms with Crippen molar-refractivity contribution in [2.75, 3.05) is 0 Å². The van der Waals surface area contributed by atoms with Crippen molar-refractivity contribution in [2.45, 2.75) is 46.9 Å². The molecule has 0 fully saturated rings. The van der Waals surface area contributed by atoms with Crippen LogP contribution in [0.1, 0.15) is 52.6 Å². The largest absolute Gasteiger partial charge is 0.489 e. The molecule has 2 aromatic carbocycles. The minimum Gasteiger partial charge on any atom is -0.489 e. The summed E-state index contributed by atoms with van der Waals surface area (Å²) in [5.74, 6) is 0.360. The smallest absolute Gasteiger partial charge is 0.272 e. The van der Waals surface area contributed by atoms with Crippen LogP contribution < -0.4 is 10.1 Å². The monoisotopic (exact) mass is 422 g/mol. The maximum atomic E-state index is 12.7. The van der Waals surface area contributed by atoms with E-state index in [-0.39, 0.29) is 24.2 Å². The highest BCUT2D eigenvalue weighted by atomic mass is 16.6. The van der Waals surface area contributed by atoms with Gasteiger partial charge in [0, 0.05) is 35.5 Å². The van der Waals surface area contributed by atoms with Crippen LogP contribution in [-0.4, -0.2) is 20.6 Å². The zero-order valence-electron chi connectivity index (χ0n) is 18.1. The Morgan fingerprint density at radius 2 is 2.03 bits per heavy atom. The summed E-state index contributed by atoms with van der Waals surface area (Å²) in [5.41, 5.74) is 3.84. The summed E-state index contributed by atoms with van der Waals surface area (Å²) >= 11 is 0. The Bertz CT molecular complexity index is 1110. The Labute approximate surface area is 181 Å². The molecule has 1 aromatic heterocycles. The molecular weight excluding hydrogens is 396 g/mol. The summed E-state index contributed by atoms with van der Waals surface area (Å²) in [4.78, 5) is 23.3. The maximum Gasteiger partial charge on any atom is 0.272 e. The van der Waals surface area contributed by atoms with Crippen molar-refractivity contribution in [2.24, 2.45) is 0 Å². The summed E-state index contributed by atoms with van der Waals surface area (Å²) in [7, 11) is 0. The van der Waals surface area contributed by atoms with Crippen LogP contribution in [0.3, 0.4) is 0 Å². The van der Waals surface area contributed by atoms with Crippen molar-refractivity contribution in [1.29, 1.82) is 0 Å². The van der Waals surface area contributed by atoms with Crippen LogP contribution >= 0.6 is 0 Å². The standard InChI is InChI=1S/C23H26N4O4/c1-5-26-13-21(17(4)25-26)16(3)24-23(28)19-8-6-7-18(12-19)14-31-20-9-10-22(27(29)30)15(2)11-20/h6-13,16H,5,14H2,1-4H3,(H,24,28). The Morgan fingerprint density at radius 1 is 1.26 bits per heavy atom. The molecule has 0 saturated carbocycles. The number of nitrogens with one attached hydrogen (secondary N) is 1. The van der Waals surface area contributed by atoms with Gasteiger partial charge in [-0.05, 0) is 57.5 Å². The van der Waals surface area contributed by atoms with Gasteiger partial charge in [0.05, 0.1) is 16.7 Å². The van der Waals surface area contributed by atoms with Gasteiger partial charge < -0.3 is 10.1 Å². The highest BCUT2D eigenvalue weighted by Crippen LogP contribution is 2.24. The van der Waals surface area contributed by atoms with E-state index in [1.807, 2.05) is 37.7 Å². The number of carbonyl (C=O) groups is 1. The molecule has 162 valence electrons. The second-order valence-corrected chi connectivity index (χ2v) is 7.42. The quantitative estimate of drug-likeness (QED) is 0.426. The molecule has 1 atom stereocenters. The first-order valence-electron chi connectivity index (χ1n) is 10.1. The lowest BCUT2D eigenvalue weighted by atomic mass is 10.1. The average Bonchev–Trinajstić information content (AvgIpc) is 3.13. The summed E-state index contributed by atoms with van der Waals surface area (Å²) in [6, 6.07) is 11.7. The van der Waals surface area contributed by atoms with E-state index in [1.54, 1.807) is 37.3 Å². The van der Waals surface area contributed by atoms with Gasteiger partial charge >= 0.3 is 0 Å². The van der Waals surface area contributed by atoms with Gasteiger partial charge in [0.25, 0.3) is 11.6 Å². The topological polar surface area (TPSA) is 99.3 Å². The SMILES string of the molecule is CCn1cc(C(C)NC(=O)c2cccc(COc3ccc([N+](=O)[O-])c(C)c3)c2)c(C)n1. The molecule has 0 aliphatic carbocycles. The third-order valence-electron chi connectivity index (χ3n) is 5.08. The van der Waals surface area contributed by atoms with Gasteiger partial charge in [0.2, 0.25) is 0 Å². The van der Waals surface area contributed by atoms with E-state index in [4.69, 9.17) is 4.74 Å². The van der Waals surface area contributed by atoms with E-state index in [9.17, 15) is 14.9 Å². The molecule has 31 heavy (non-hydrogen) atoms. The molecule has 1 unspecified atom stereocenters. The van der Waals surface area contributed by atoms with Gasteiger partial charge in [0.15, 0.2) is 0 Å². The van der Waals surface area contributed by atoms with Crippen LogP contribution in [-0.2, 0) is 13.2 Å². The minimum absolute atomic E-state index is 0.0554. The van der Waals surface area contributed by atoms with Crippen molar-refractivity contribution in [3.05, 3.63) is 86.7 Å². The van der Waals surface area contributed by atoms with Crippen molar-refractivity contribution in [1.82, 2.24) is 15.1 Å². The van der Waals surface area contributed by atoms with Crippen molar-refractivity contribution in [3.8, 4) is 5.75 Å². The molecule has 3 rings (SSSR count). The molecule has 3 aromatic rings. The van der Waals surface area contributed by atoms with Gasteiger partial charge in [-0.25, -0.2) is 0 Å². The second kappa shape index (κ2) is 9.42. The Kier molecular flexibility index (Phi) is 6.69. The summed E-state index contributed by atoms with van der Waals surface area (Å²) in [6.45, 7) is 8.58. The number of nitro groups is 1. The third-order valence-corrected chi connectivity index (χ3v) is 5.08. The Balaban J connectivity index is 1.65. The fraction of sp³-hybridized carbons (Fsp3) is 0.304. The predicted octanol–water partition coefficient (Wildman–Crippen LogP) is 4.50. The van der Waals surface area contributed by atoms with Crippen LogP contribution in [0, 0.1) is 24.0 Å². The summed E-state index contributed by atoms with van der Waals surface area (Å²) in [5, 5.41) is 18.4. The van der Waals surface area contributed by atoms with Crippen molar-refractivity contribution >= 4 is 11.6 Å². The molecule has 0 aliphatic heterocycles. The minimum atomic E-state index is -0.420. The highest BCUT2D eigenvalue weighted by Gasteiger charge is 2.16. The average molecular weight is 422 g/mol. The molecule has 0 aliphatic rings. The molecule has 8 heteroatoms. The molecule has 1 N–H and O–H groups in total. The number of hydrogen-bond donors (Lipinski definition) is 1. The Hall–Kier alpha value is -3.68. The highest BCUT2D eigenvalue weighted by molar-refractivity contribution is 5.94. The van der Waals surface area contributed by atoms with Crippen LogP contribution in [0.25, 0.3) is 0 Å². The number of aryl methyl sites for hydroxylation is 3. The van der Waals surface area contributed by atoms with Gasteiger partial charge in [0.1, 0.15) is 12.4 Å². The summed E-state index contributed by atoms with van der Waals surface area (Å²) in [6.07, 6.45) is 1.96. The van der Waals surface area contributed by atoms with Crippen molar-refractivity contribution < 1.29 is 14.5 Å². The molecule has 0 spiro atoms. The number of rotatable bonds is 8. The zero-order valence-corrected chi connectivity index (χ0v) is 18.1. The van der Waals surface area contributed by atoms with Gasteiger partial charge in [-0.1, -0.05) is 12.1 Å². The van der Waals surface area contributed by atoms with E-state index in [0.717, 1.165) is 23.4 Å². The van der Waals surface area contributed by atoms with Gasteiger partial charge in [-0.3, -0.25) is 19.6 Å². The first-order chi connectivity index (χ1) is 14.8. The lowest BCUT2D eigenvalue weighted by Crippen LogP contribution is -2.27. The fourth-order valence-corrected chi connectivity index (χ4v) is 3.37. The van der Waals surface area contributed by atoms with E-state index in [0.29, 0.717) is 16.9 Å². The fourth-order valence-electron chi connectivity index (χ4n) is 3.37. The van der Waals surface area contributed by atoms with E-state index < -0.39 is 4.92 Å². The third kappa shape index (κ3) is 5.28. The van der Waals surface area contributed by atoms with Crippen molar-refractivity contribution in [3.63, 3.8) is 0 Å². The zero-order chi connectivity index (χ0) is 22.5. The number of ether oxygens (including phenoxy) is 1. The lowest BCUT2D eigenvalue weighted by Gasteiger charge is -2.14. The van der Waals surface area contributed by atoms with Gasteiger partial charge in [-0.2, -0.15) is 5.10 Å². The molecule has 1 amide bonds. The second-order valence-electron chi connectivity index (χ2n) is 7.42. The normalized spacial score (nSPS) is 11.7. The van der Waals surface area contributed by atoms with Crippen LogP contribution in [0.5, 0.6) is 5.75 Å². The molecule has 0 bridgehead atoms. The first kappa shape index (κ1) is 22.0. The first-order valence-corrected chi connectivity index (χ1v) is 10.1. The molecule has 0 radical (unpaired) electrons. The number of carbonyl (C=O) groups excluding carboxylic acids is 1. The molecular formula is C23H26N4O4. The van der Waals surface area contributed by atoms with E-state index >= 15 is 0 Å². The maximum absolute atomic E-state index is 12.7. The number of benzene rings is 2. The lowest BCUT2D eigenvalue weighted by molar-refractivity contribution is -0.385. The van der Waals surface area contributed by atoms with E-state index in [2.05, 4.69) is 10.4 Å². The van der Waals surface area contributed by atoms with E-state index in [1.165, 1.54) is 6.07 Å². The van der Waals surface area contributed by atoms with Crippen LogP contribution in [0.4, 0.5) is 5.69 Å². The summed E-state index contributed by atoms with van der Waals surface area (Å²) < 4.78 is 7.61. The molecule has 0 saturated heterocycles. The van der Waals surface area contributed by atoms with Crippen LogP contribution in [0.15, 0.2) is 48.7 Å². The predicted molar refractivity (Wildman–Crippen MR) is 117 cm³/mol. The Morgan fingerprint density at radius 3 is 2.68 bits per heavy atom. The number of nitrogens with zero attached hydrogens (tertiary/aromatic N) is 3. The number of aromatic nitrogens is 2. The number of nitro benzene ring substituents is 1. The number of hydrogen-bond acceptors (Lipinski definition) is 5.